The van der Waals surface area contributed by atoms with Gasteiger partial charge in [-0.3, -0.25) is 4.90 Å². The number of aromatic nitrogens is 4. The second kappa shape index (κ2) is 8.10. The molecular formula is C26H32N6. The zero-order valence-corrected chi connectivity index (χ0v) is 19.2. The highest BCUT2D eigenvalue weighted by atomic mass is 15.3. The molecule has 1 aromatic carbocycles. The molecule has 1 aliphatic heterocycles. The summed E-state index contributed by atoms with van der Waals surface area (Å²) in [6.07, 6.45) is 6.02. The predicted octanol–water partition coefficient (Wildman–Crippen LogP) is 4.96. The lowest BCUT2D eigenvalue weighted by Gasteiger charge is -2.32. The predicted molar refractivity (Wildman–Crippen MR) is 131 cm³/mol. The van der Waals surface area contributed by atoms with Crippen molar-refractivity contribution in [3.8, 4) is 11.3 Å². The first-order chi connectivity index (χ1) is 15.4. The molecule has 6 nitrogen and oxygen atoms in total. The third kappa shape index (κ3) is 3.69. The maximum atomic E-state index is 5.81. The average molecular weight is 429 g/mol. The third-order valence-electron chi connectivity index (χ3n) is 6.82. The average Bonchev–Trinajstić information content (AvgIpc) is 3.36. The first kappa shape index (κ1) is 20.8. The number of H-pyrrole nitrogens is 1. The minimum absolute atomic E-state index is 0.400. The highest BCUT2D eigenvalue weighted by Gasteiger charge is 2.23. The lowest BCUT2D eigenvalue weighted by Crippen LogP contribution is -2.35. The molecular weight excluding hydrogens is 396 g/mol. The standard InChI is InChI=1S/C26H32N6/c1-16(2)25-21-12-20(19-7-9-31(10-8-19)13-18(4)27)5-6-23(21)30-26(25)22-14-32-24(11-17(22)3)28-15-29-32/h5-6,11-12,14-16,19,30H,4,7-10,13,27H2,1-3H3. The molecule has 0 atom stereocenters. The van der Waals surface area contributed by atoms with Crippen LogP contribution in [-0.2, 0) is 0 Å². The normalized spacial score (nSPS) is 15.9. The van der Waals surface area contributed by atoms with Crippen LogP contribution in [-0.4, -0.2) is 44.1 Å². The van der Waals surface area contributed by atoms with Crippen LogP contribution in [0.2, 0.25) is 0 Å². The van der Waals surface area contributed by atoms with Gasteiger partial charge in [0.2, 0.25) is 0 Å². The zero-order valence-electron chi connectivity index (χ0n) is 19.2. The van der Waals surface area contributed by atoms with Gasteiger partial charge < -0.3 is 10.7 Å². The topological polar surface area (TPSA) is 75.2 Å². The van der Waals surface area contributed by atoms with E-state index in [0.717, 1.165) is 43.8 Å². The number of likely N-dealkylation sites (tertiary alicyclic amines) is 1. The van der Waals surface area contributed by atoms with E-state index in [2.05, 4.69) is 77.8 Å². The molecule has 166 valence electrons. The second-order valence-corrected chi connectivity index (χ2v) is 9.51. The van der Waals surface area contributed by atoms with E-state index < -0.39 is 0 Å². The van der Waals surface area contributed by atoms with E-state index in [1.54, 1.807) is 6.33 Å². The molecule has 4 aromatic rings. The van der Waals surface area contributed by atoms with E-state index in [4.69, 9.17) is 5.73 Å². The van der Waals surface area contributed by atoms with E-state index in [9.17, 15) is 0 Å². The van der Waals surface area contributed by atoms with Crippen molar-refractivity contribution in [3.05, 3.63) is 65.8 Å². The number of fused-ring (bicyclic) bond motifs is 2. The molecule has 0 spiro atoms. The molecule has 5 rings (SSSR count). The van der Waals surface area contributed by atoms with Gasteiger partial charge >= 0.3 is 0 Å². The van der Waals surface area contributed by atoms with Crippen LogP contribution in [0.3, 0.4) is 0 Å². The highest BCUT2D eigenvalue weighted by molar-refractivity contribution is 5.92. The Hall–Kier alpha value is -3.12. The molecule has 6 heteroatoms. The van der Waals surface area contributed by atoms with Crippen LogP contribution in [0, 0.1) is 6.92 Å². The van der Waals surface area contributed by atoms with Crippen LogP contribution >= 0.6 is 0 Å². The van der Waals surface area contributed by atoms with Crippen molar-refractivity contribution in [2.45, 2.75) is 45.4 Å². The first-order valence-electron chi connectivity index (χ1n) is 11.5. The number of aromatic amines is 1. The maximum Gasteiger partial charge on any atom is 0.155 e. The molecule has 1 saturated heterocycles. The number of piperidine rings is 1. The molecule has 4 heterocycles. The Bertz CT molecular complexity index is 1290. The number of pyridine rings is 1. The number of nitrogens with one attached hydrogen (secondary N) is 1. The van der Waals surface area contributed by atoms with Gasteiger partial charge in [0.1, 0.15) is 6.33 Å². The second-order valence-electron chi connectivity index (χ2n) is 9.51. The van der Waals surface area contributed by atoms with Gasteiger partial charge in [0.25, 0.3) is 0 Å². The fourth-order valence-corrected chi connectivity index (χ4v) is 5.23. The van der Waals surface area contributed by atoms with Crippen molar-refractivity contribution in [2.75, 3.05) is 19.6 Å². The van der Waals surface area contributed by atoms with Gasteiger partial charge in [0.05, 0.1) is 5.69 Å². The summed E-state index contributed by atoms with van der Waals surface area (Å²) >= 11 is 0. The summed E-state index contributed by atoms with van der Waals surface area (Å²) in [5.41, 5.74) is 15.0. The fraction of sp³-hybridized carbons (Fsp3) is 0.385. The molecule has 0 radical (unpaired) electrons. The Balaban J connectivity index is 1.53. The molecule has 3 aromatic heterocycles. The van der Waals surface area contributed by atoms with E-state index in [0.29, 0.717) is 11.8 Å². The quantitative estimate of drug-likeness (QED) is 0.471. The third-order valence-corrected chi connectivity index (χ3v) is 6.82. The maximum absolute atomic E-state index is 5.81. The largest absolute Gasteiger partial charge is 0.401 e. The van der Waals surface area contributed by atoms with Crippen molar-refractivity contribution in [2.24, 2.45) is 5.73 Å². The monoisotopic (exact) mass is 428 g/mol. The number of aryl methyl sites for hydroxylation is 1. The molecule has 0 saturated carbocycles. The minimum atomic E-state index is 0.400. The van der Waals surface area contributed by atoms with Crippen molar-refractivity contribution in [3.63, 3.8) is 0 Å². The van der Waals surface area contributed by atoms with Gasteiger partial charge in [0, 0.05) is 34.9 Å². The highest BCUT2D eigenvalue weighted by Crippen LogP contribution is 2.39. The summed E-state index contributed by atoms with van der Waals surface area (Å²) in [7, 11) is 0. The molecule has 1 aliphatic rings. The molecule has 32 heavy (non-hydrogen) atoms. The number of hydrogen-bond acceptors (Lipinski definition) is 4. The Morgan fingerprint density at radius 2 is 2.03 bits per heavy atom. The number of benzene rings is 1. The number of hydrogen-bond donors (Lipinski definition) is 2. The Labute approximate surface area is 189 Å². The van der Waals surface area contributed by atoms with Crippen LogP contribution in [0.1, 0.15) is 55.2 Å². The summed E-state index contributed by atoms with van der Waals surface area (Å²) in [4.78, 5) is 10.5. The van der Waals surface area contributed by atoms with Gasteiger partial charge in [-0.25, -0.2) is 9.50 Å². The van der Waals surface area contributed by atoms with Crippen molar-refractivity contribution in [1.29, 1.82) is 0 Å². The van der Waals surface area contributed by atoms with Crippen LogP contribution < -0.4 is 5.73 Å². The number of nitrogens with zero attached hydrogens (tertiary/aromatic N) is 4. The smallest absolute Gasteiger partial charge is 0.155 e. The lowest BCUT2D eigenvalue weighted by molar-refractivity contribution is 0.228. The molecule has 1 fully saturated rings. The van der Waals surface area contributed by atoms with E-state index in [1.165, 1.54) is 38.9 Å². The van der Waals surface area contributed by atoms with E-state index in [-0.39, 0.29) is 0 Å². The van der Waals surface area contributed by atoms with Crippen LogP contribution in [0.15, 0.2) is 49.1 Å². The van der Waals surface area contributed by atoms with Gasteiger partial charge in [-0.1, -0.05) is 26.5 Å². The number of rotatable bonds is 5. The summed E-state index contributed by atoms with van der Waals surface area (Å²) in [5, 5.41) is 5.68. The van der Waals surface area contributed by atoms with Gasteiger partial charge in [0.15, 0.2) is 5.65 Å². The molecule has 0 aliphatic carbocycles. The van der Waals surface area contributed by atoms with E-state index >= 15 is 0 Å². The van der Waals surface area contributed by atoms with E-state index in [1.807, 2.05) is 4.52 Å². The van der Waals surface area contributed by atoms with Gasteiger partial charge in [-0.15, -0.1) is 0 Å². The summed E-state index contributed by atoms with van der Waals surface area (Å²) in [6, 6.07) is 9.10. The van der Waals surface area contributed by atoms with Crippen LogP contribution in [0.25, 0.3) is 27.8 Å². The SMILES string of the molecule is C=C(N)CN1CCC(c2ccc3[nH]c(-c4cn5ncnc5cc4C)c(C(C)C)c3c2)CC1. The van der Waals surface area contributed by atoms with Gasteiger partial charge in [-0.2, -0.15) is 5.10 Å². The summed E-state index contributed by atoms with van der Waals surface area (Å²) in [5.74, 6) is 0.991. The summed E-state index contributed by atoms with van der Waals surface area (Å²) in [6.45, 7) is 13.5. The van der Waals surface area contributed by atoms with Gasteiger partial charge in [-0.05, 0) is 79.6 Å². The van der Waals surface area contributed by atoms with Crippen LogP contribution in [0.4, 0.5) is 0 Å². The Kier molecular flexibility index (Phi) is 5.25. The lowest BCUT2D eigenvalue weighted by atomic mass is 9.87. The van der Waals surface area contributed by atoms with Crippen LogP contribution in [0.5, 0.6) is 0 Å². The zero-order chi connectivity index (χ0) is 22.4. The van der Waals surface area contributed by atoms with Crippen molar-refractivity contribution in [1.82, 2.24) is 24.5 Å². The first-order valence-corrected chi connectivity index (χ1v) is 11.5. The Morgan fingerprint density at radius 3 is 2.75 bits per heavy atom. The molecule has 3 N–H and O–H groups in total. The fourth-order valence-electron chi connectivity index (χ4n) is 5.23. The molecule has 0 unspecified atom stereocenters. The van der Waals surface area contributed by atoms with Crippen molar-refractivity contribution < 1.29 is 0 Å². The minimum Gasteiger partial charge on any atom is -0.401 e. The summed E-state index contributed by atoms with van der Waals surface area (Å²) < 4.78 is 1.85. The number of nitrogens with two attached hydrogens (primary N) is 1. The molecule has 0 bridgehead atoms. The molecule has 0 amide bonds. The Morgan fingerprint density at radius 1 is 1.25 bits per heavy atom. The van der Waals surface area contributed by atoms with Crippen molar-refractivity contribution >= 4 is 16.6 Å².